The third-order valence-corrected chi connectivity index (χ3v) is 9.23. The van der Waals surface area contributed by atoms with E-state index in [2.05, 4.69) is 18.2 Å². The summed E-state index contributed by atoms with van der Waals surface area (Å²) in [4.78, 5) is 12.9. The van der Waals surface area contributed by atoms with Crippen LogP contribution in [0.2, 0.25) is 5.02 Å². The van der Waals surface area contributed by atoms with Crippen molar-refractivity contribution in [1.82, 2.24) is 14.3 Å². The summed E-state index contributed by atoms with van der Waals surface area (Å²) in [7, 11) is 1.92. The average Bonchev–Trinajstić information content (AvgIpc) is 3.41. The second-order valence-electron chi connectivity index (χ2n) is 11.2. The number of carboxylic acids is 1. The predicted octanol–water partition coefficient (Wildman–Crippen LogP) is 7.18. The second kappa shape index (κ2) is 10.2. The van der Waals surface area contributed by atoms with Gasteiger partial charge in [0.1, 0.15) is 11.4 Å². The van der Waals surface area contributed by atoms with Gasteiger partial charge in [0.2, 0.25) is 0 Å². The molecule has 2 aliphatic rings. The molecule has 3 aromatic carbocycles. The summed E-state index contributed by atoms with van der Waals surface area (Å²) < 4.78 is 16.4. The molecule has 8 heteroatoms. The first kappa shape index (κ1) is 26.1. The van der Waals surface area contributed by atoms with Crippen LogP contribution in [0.25, 0.3) is 32.8 Å². The molecule has 0 spiro atoms. The fourth-order valence-corrected chi connectivity index (χ4v) is 6.90. The Bertz CT molecular complexity index is 1820. The standard InChI is InChI=1S/C33H32ClN3O4/c1-19-29-26(35-36(19)2)18-41-27-15-12-21(27)17-37-31-24(13-14-25(34)30(29)31)23(32(37)33(38)39)10-6-16-40-28-11-5-8-20-7-3-4-9-22(20)28/h3-5,7-9,11,13-14,21,27H,6,10,12,15-18H2,1-2H3,(H,38,39). The topological polar surface area (TPSA) is 78.5 Å². The molecular formula is C33H32ClN3O4. The number of rotatable bonds is 6. The summed E-state index contributed by atoms with van der Waals surface area (Å²) in [5, 5.41) is 19.1. The van der Waals surface area contributed by atoms with E-state index in [0.717, 1.165) is 68.3 Å². The van der Waals surface area contributed by atoms with Gasteiger partial charge in [-0.3, -0.25) is 4.68 Å². The van der Waals surface area contributed by atoms with Crippen LogP contribution < -0.4 is 4.74 Å². The highest BCUT2D eigenvalue weighted by molar-refractivity contribution is 6.35. The Labute approximate surface area is 243 Å². The molecule has 1 aliphatic heterocycles. The lowest BCUT2D eigenvalue weighted by molar-refractivity contribution is -0.0622. The molecule has 5 aromatic rings. The number of benzene rings is 3. The van der Waals surface area contributed by atoms with Gasteiger partial charge in [0, 0.05) is 47.1 Å². The molecule has 0 radical (unpaired) electrons. The molecule has 2 atom stereocenters. The Balaban J connectivity index is 1.32. The molecule has 2 unspecified atom stereocenters. The molecule has 210 valence electrons. The summed E-state index contributed by atoms with van der Waals surface area (Å²) >= 11 is 6.94. The van der Waals surface area contributed by atoms with Crippen molar-refractivity contribution in [3.63, 3.8) is 0 Å². The number of ether oxygens (including phenoxy) is 2. The molecule has 1 aliphatic carbocycles. The van der Waals surface area contributed by atoms with Crippen molar-refractivity contribution >= 4 is 39.2 Å². The lowest BCUT2D eigenvalue weighted by Gasteiger charge is -2.37. The van der Waals surface area contributed by atoms with Crippen LogP contribution in [0.3, 0.4) is 0 Å². The number of carbonyl (C=O) groups is 1. The molecule has 3 heterocycles. The molecule has 2 aromatic heterocycles. The minimum Gasteiger partial charge on any atom is -0.493 e. The Morgan fingerprint density at radius 3 is 2.73 bits per heavy atom. The van der Waals surface area contributed by atoms with E-state index in [1.807, 2.05) is 59.6 Å². The average molecular weight is 570 g/mol. The number of aryl methyl sites for hydroxylation is 2. The fraction of sp³-hybridized carbons (Fsp3) is 0.333. The smallest absolute Gasteiger partial charge is 0.352 e. The van der Waals surface area contributed by atoms with E-state index >= 15 is 0 Å². The maximum Gasteiger partial charge on any atom is 0.352 e. The second-order valence-corrected chi connectivity index (χ2v) is 11.6. The Morgan fingerprint density at radius 1 is 1.10 bits per heavy atom. The summed E-state index contributed by atoms with van der Waals surface area (Å²) in [5.74, 6) is 0.154. The number of aromatic nitrogens is 3. The number of fused-ring (bicyclic) bond motifs is 4. The molecule has 0 bridgehead atoms. The molecule has 0 saturated heterocycles. The predicted molar refractivity (Wildman–Crippen MR) is 160 cm³/mol. The first-order valence-electron chi connectivity index (χ1n) is 14.2. The van der Waals surface area contributed by atoms with Gasteiger partial charge in [-0.15, -0.1) is 0 Å². The monoisotopic (exact) mass is 569 g/mol. The minimum absolute atomic E-state index is 0.0857. The SMILES string of the molecule is Cc1c2c(nn1C)COC1CCC1Cn1c(C(=O)O)c(CCCOc3cccc4ccccc34)c3ccc(Cl)c-2c31. The number of hydrogen-bond acceptors (Lipinski definition) is 4. The number of halogens is 1. The van der Waals surface area contributed by atoms with E-state index in [1.165, 1.54) is 0 Å². The van der Waals surface area contributed by atoms with E-state index in [4.69, 9.17) is 26.2 Å². The number of nitrogens with zero attached hydrogens (tertiary/aromatic N) is 3. The summed E-state index contributed by atoms with van der Waals surface area (Å²) in [6.45, 7) is 3.49. The molecule has 1 fully saturated rings. The normalized spacial score (nSPS) is 18.1. The van der Waals surface area contributed by atoms with Crippen LogP contribution in [0.5, 0.6) is 5.75 Å². The van der Waals surface area contributed by atoms with E-state index < -0.39 is 5.97 Å². The van der Waals surface area contributed by atoms with Crippen LogP contribution >= 0.6 is 11.6 Å². The van der Waals surface area contributed by atoms with Gasteiger partial charge < -0.3 is 19.1 Å². The molecule has 1 saturated carbocycles. The third kappa shape index (κ3) is 4.30. The van der Waals surface area contributed by atoms with Crippen LogP contribution in [-0.2, 0) is 31.4 Å². The zero-order chi connectivity index (χ0) is 28.2. The minimum atomic E-state index is -0.926. The van der Waals surface area contributed by atoms with Crippen LogP contribution in [0, 0.1) is 12.8 Å². The summed E-state index contributed by atoms with van der Waals surface area (Å²) in [5.41, 5.74) is 5.62. The molecule has 7 nitrogen and oxygen atoms in total. The Hall–Kier alpha value is -3.81. The number of hydrogen-bond donors (Lipinski definition) is 1. The molecule has 1 N–H and O–H groups in total. The molecule has 41 heavy (non-hydrogen) atoms. The highest BCUT2D eigenvalue weighted by Crippen LogP contribution is 2.45. The Morgan fingerprint density at radius 2 is 1.93 bits per heavy atom. The van der Waals surface area contributed by atoms with Gasteiger partial charge in [-0.25, -0.2) is 4.79 Å². The largest absolute Gasteiger partial charge is 0.493 e. The van der Waals surface area contributed by atoms with Gasteiger partial charge in [-0.05, 0) is 55.7 Å². The first-order chi connectivity index (χ1) is 19.9. The maximum atomic E-state index is 12.9. The van der Waals surface area contributed by atoms with E-state index in [-0.39, 0.29) is 12.0 Å². The van der Waals surface area contributed by atoms with Crippen molar-refractivity contribution in [3.8, 4) is 16.9 Å². The van der Waals surface area contributed by atoms with Crippen molar-refractivity contribution in [3.05, 3.63) is 82.3 Å². The lowest BCUT2D eigenvalue weighted by Crippen LogP contribution is -2.37. The van der Waals surface area contributed by atoms with Gasteiger partial charge in [0.15, 0.2) is 0 Å². The van der Waals surface area contributed by atoms with Crippen molar-refractivity contribution in [1.29, 1.82) is 0 Å². The van der Waals surface area contributed by atoms with Crippen LogP contribution in [0.15, 0.2) is 54.6 Å². The Kier molecular flexibility index (Phi) is 6.51. The van der Waals surface area contributed by atoms with E-state index in [9.17, 15) is 9.90 Å². The zero-order valence-electron chi connectivity index (χ0n) is 23.2. The highest BCUT2D eigenvalue weighted by atomic mass is 35.5. The molecular weight excluding hydrogens is 538 g/mol. The lowest BCUT2D eigenvalue weighted by atomic mass is 9.81. The molecule has 7 rings (SSSR count). The maximum absolute atomic E-state index is 12.9. The fourth-order valence-electron chi connectivity index (χ4n) is 6.65. The van der Waals surface area contributed by atoms with Gasteiger partial charge in [0.05, 0.1) is 35.6 Å². The van der Waals surface area contributed by atoms with Crippen LogP contribution in [-0.4, -0.2) is 38.1 Å². The van der Waals surface area contributed by atoms with Gasteiger partial charge in [-0.2, -0.15) is 5.10 Å². The summed E-state index contributed by atoms with van der Waals surface area (Å²) in [6, 6.07) is 18.1. The van der Waals surface area contributed by atoms with Crippen molar-refractivity contribution < 1.29 is 19.4 Å². The van der Waals surface area contributed by atoms with Gasteiger partial charge in [0.25, 0.3) is 0 Å². The van der Waals surface area contributed by atoms with Crippen molar-refractivity contribution in [2.75, 3.05) is 6.61 Å². The number of carboxylic acid groups (broad SMARTS) is 1. The third-order valence-electron chi connectivity index (χ3n) is 8.91. The quantitative estimate of drug-likeness (QED) is 0.219. The van der Waals surface area contributed by atoms with Crippen molar-refractivity contribution in [2.24, 2.45) is 13.0 Å². The van der Waals surface area contributed by atoms with Crippen LogP contribution in [0.1, 0.15) is 46.7 Å². The van der Waals surface area contributed by atoms with E-state index in [0.29, 0.717) is 43.3 Å². The van der Waals surface area contributed by atoms with E-state index in [1.54, 1.807) is 0 Å². The van der Waals surface area contributed by atoms with Gasteiger partial charge in [-0.1, -0.05) is 54.1 Å². The highest BCUT2D eigenvalue weighted by Gasteiger charge is 2.37. The van der Waals surface area contributed by atoms with Gasteiger partial charge >= 0.3 is 5.97 Å². The zero-order valence-corrected chi connectivity index (χ0v) is 23.9. The number of aromatic carboxylic acids is 1. The molecule has 0 amide bonds. The van der Waals surface area contributed by atoms with Crippen molar-refractivity contribution in [2.45, 2.75) is 51.9 Å². The first-order valence-corrected chi connectivity index (χ1v) is 14.6. The van der Waals surface area contributed by atoms with Crippen LogP contribution in [0.4, 0.5) is 0 Å². The summed E-state index contributed by atoms with van der Waals surface area (Å²) in [6.07, 6.45) is 3.30.